The Kier molecular flexibility index (Phi) is 3.07. The van der Waals surface area contributed by atoms with Gasteiger partial charge in [-0.2, -0.15) is 0 Å². The number of hydrogen-bond donors (Lipinski definition) is 1. The van der Waals surface area contributed by atoms with Gasteiger partial charge in [-0.1, -0.05) is 19.9 Å². The van der Waals surface area contributed by atoms with Crippen molar-refractivity contribution < 1.29 is 9.90 Å². The molecule has 1 N–H and O–H groups in total. The van der Waals surface area contributed by atoms with E-state index in [1.165, 1.54) is 0 Å². The smallest absolute Gasteiger partial charge is 0.310 e. The van der Waals surface area contributed by atoms with Crippen LogP contribution in [0.15, 0.2) is 24.4 Å². The van der Waals surface area contributed by atoms with Crippen LogP contribution in [-0.4, -0.2) is 25.7 Å². The van der Waals surface area contributed by atoms with Crippen molar-refractivity contribution in [2.45, 2.75) is 27.2 Å². The van der Waals surface area contributed by atoms with Crippen LogP contribution in [0.3, 0.4) is 0 Å². The van der Waals surface area contributed by atoms with Crippen molar-refractivity contribution in [1.29, 1.82) is 0 Å². The SMILES string of the molecule is CC(C)C(C)(Cc1nnc2ccccn12)C(=O)O. The van der Waals surface area contributed by atoms with Crippen LogP contribution in [0.2, 0.25) is 0 Å². The lowest BCUT2D eigenvalue weighted by atomic mass is 9.76. The number of pyridine rings is 1. The summed E-state index contributed by atoms with van der Waals surface area (Å²) in [6.45, 7) is 5.58. The molecular formula is C13H17N3O2. The molecule has 2 rings (SSSR count). The number of hydrogen-bond acceptors (Lipinski definition) is 3. The highest BCUT2D eigenvalue weighted by molar-refractivity contribution is 5.74. The van der Waals surface area contributed by atoms with Gasteiger partial charge in [-0.3, -0.25) is 9.20 Å². The maximum absolute atomic E-state index is 11.5. The number of rotatable bonds is 4. The average molecular weight is 247 g/mol. The van der Waals surface area contributed by atoms with Crippen LogP contribution in [0, 0.1) is 11.3 Å². The summed E-state index contributed by atoms with van der Waals surface area (Å²) < 4.78 is 1.84. The average Bonchev–Trinajstić information content (AvgIpc) is 2.72. The molecule has 0 saturated heterocycles. The predicted molar refractivity (Wildman–Crippen MR) is 67.3 cm³/mol. The van der Waals surface area contributed by atoms with Crippen molar-refractivity contribution >= 4 is 11.6 Å². The predicted octanol–water partition coefficient (Wildman–Crippen LogP) is 2.02. The molecule has 5 heteroatoms. The fourth-order valence-electron chi connectivity index (χ4n) is 1.87. The summed E-state index contributed by atoms with van der Waals surface area (Å²) in [6.07, 6.45) is 2.22. The fraction of sp³-hybridized carbons (Fsp3) is 0.462. The Morgan fingerprint density at radius 3 is 2.78 bits per heavy atom. The largest absolute Gasteiger partial charge is 0.481 e. The molecule has 1 atom stereocenters. The van der Waals surface area contributed by atoms with Crippen LogP contribution >= 0.6 is 0 Å². The number of aliphatic carboxylic acids is 1. The summed E-state index contributed by atoms with van der Waals surface area (Å²) in [7, 11) is 0. The quantitative estimate of drug-likeness (QED) is 0.897. The lowest BCUT2D eigenvalue weighted by molar-refractivity contribution is -0.150. The zero-order valence-corrected chi connectivity index (χ0v) is 10.8. The van der Waals surface area contributed by atoms with Gasteiger partial charge < -0.3 is 5.11 Å². The number of fused-ring (bicyclic) bond motifs is 1. The molecule has 0 amide bonds. The minimum atomic E-state index is -0.835. The van der Waals surface area contributed by atoms with Crippen molar-refractivity contribution in [1.82, 2.24) is 14.6 Å². The van der Waals surface area contributed by atoms with E-state index in [1.807, 2.05) is 42.6 Å². The summed E-state index contributed by atoms with van der Waals surface area (Å²) in [5, 5.41) is 17.6. The van der Waals surface area contributed by atoms with Gasteiger partial charge in [0.1, 0.15) is 5.82 Å². The molecule has 0 aliphatic carbocycles. The van der Waals surface area contributed by atoms with Gasteiger partial charge in [0.2, 0.25) is 0 Å². The minimum absolute atomic E-state index is 0.0195. The molecule has 0 bridgehead atoms. The molecule has 0 fully saturated rings. The van der Waals surface area contributed by atoms with Crippen molar-refractivity contribution in [2.24, 2.45) is 11.3 Å². The van der Waals surface area contributed by atoms with Crippen LogP contribution in [0.25, 0.3) is 5.65 Å². The zero-order chi connectivity index (χ0) is 13.3. The molecule has 18 heavy (non-hydrogen) atoms. The van der Waals surface area contributed by atoms with E-state index in [4.69, 9.17) is 0 Å². The van der Waals surface area contributed by atoms with Gasteiger partial charge in [0.05, 0.1) is 5.41 Å². The van der Waals surface area contributed by atoms with E-state index in [0.717, 1.165) is 5.65 Å². The standard InChI is InChI=1S/C13H17N3O2/c1-9(2)13(3,12(17)18)8-11-15-14-10-6-4-5-7-16(10)11/h4-7,9H,8H2,1-3H3,(H,17,18). The lowest BCUT2D eigenvalue weighted by Crippen LogP contribution is -2.36. The Hall–Kier alpha value is -1.91. The molecule has 0 spiro atoms. The molecule has 0 aromatic carbocycles. The first kappa shape index (κ1) is 12.5. The van der Waals surface area contributed by atoms with Crippen molar-refractivity contribution in [3.63, 3.8) is 0 Å². The molecular weight excluding hydrogens is 230 g/mol. The second kappa shape index (κ2) is 4.40. The topological polar surface area (TPSA) is 67.5 Å². The van der Waals surface area contributed by atoms with Crippen LogP contribution < -0.4 is 0 Å². The van der Waals surface area contributed by atoms with Gasteiger partial charge in [-0.25, -0.2) is 0 Å². The first-order valence-electron chi connectivity index (χ1n) is 5.97. The van der Waals surface area contributed by atoms with E-state index in [1.54, 1.807) is 6.92 Å². The molecule has 2 heterocycles. The molecule has 2 aromatic heterocycles. The van der Waals surface area contributed by atoms with Crippen LogP contribution in [0.4, 0.5) is 0 Å². The minimum Gasteiger partial charge on any atom is -0.481 e. The summed E-state index contributed by atoms with van der Waals surface area (Å²) in [5.41, 5.74) is -0.0947. The molecule has 2 aromatic rings. The van der Waals surface area contributed by atoms with Gasteiger partial charge in [0.15, 0.2) is 5.65 Å². The number of carbonyl (C=O) groups is 1. The van der Waals surface area contributed by atoms with Gasteiger partial charge in [-0.05, 0) is 25.0 Å². The third kappa shape index (κ3) is 1.96. The van der Waals surface area contributed by atoms with E-state index in [0.29, 0.717) is 12.2 Å². The maximum atomic E-state index is 11.5. The van der Waals surface area contributed by atoms with Gasteiger partial charge in [0, 0.05) is 12.6 Å². The highest BCUT2D eigenvalue weighted by Crippen LogP contribution is 2.31. The molecule has 0 aliphatic heterocycles. The summed E-state index contributed by atoms with van der Waals surface area (Å²) in [4.78, 5) is 11.5. The highest BCUT2D eigenvalue weighted by atomic mass is 16.4. The summed E-state index contributed by atoms with van der Waals surface area (Å²) >= 11 is 0. The first-order valence-corrected chi connectivity index (χ1v) is 5.97. The normalized spacial score (nSPS) is 14.9. The Morgan fingerprint density at radius 2 is 2.17 bits per heavy atom. The molecule has 1 unspecified atom stereocenters. The molecule has 0 saturated carbocycles. The van der Waals surface area contributed by atoms with E-state index < -0.39 is 11.4 Å². The molecule has 0 radical (unpaired) electrons. The second-order valence-electron chi connectivity index (χ2n) is 5.10. The second-order valence-corrected chi connectivity index (χ2v) is 5.10. The summed E-state index contributed by atoms with van der Waals surface area (Å²) in [6, 6.07) is 5.62. The van der Waals surface area contributed by atoms with Crippen LogP contribution in [0.5, 0.6) is 0 Å². The number of carboxylic acid groups (broad SMARTS) is 1. The first-order chi connectivity index (χ1) is 8.45. The maximum Gasteiger partial charge on any atom is 0.310 e. The van der Waals surface area contributed by atoms with Gasteiger partial charge in [0.25, 0.3) is 0 Å². The van der Waals surface area contributed by atoms with Crippen molar-refractivity contribution in [3.8, 4) is 0 Å². The van der Waals surface area contributed by atoms with E-state index in [2.05, 4.69) is 10.2 Å². The van der Waals surface area contributed by atoms with Gasteiger partial charge >= 0.3 is 5.97 Å². The lowest BCUT2D eigenvalue weighted by Gasteiger charge is -2.28. The molecule has 96 valence electrons. The number of aromatic nitrogens is 3. The Morgan fingerprint density at radius 1 is 1.44 bits per heavy atom. The monoisotopic (exact) mass is 247 g/mol. The third-order valence-electron chi connectivity index (χ3n) is 3.67. The zero-order valence-electron chi connectivity index (χ0n) is 10.8. The highest BCUT2D eigenvalue weighted by Gasteiger charge is 2.38. The van der Waals surface area contributed by atoms with E-state index in [-0.39, 0.29) is 5.92 Å². The molecule has 0 aliphatic rings. The Balaban J connectivity index is 2.41. The van der Waals surface area contributed by atoms with E-state index >= 15 is 0 Å². The van der Waals surface area contributed by atoms with Crippen molar-refractivity contribution in [3.05, 3.63) is 30.2 Å². The fourth-order valence-corrected chi connectivity index (χ4v) is 1.87. The van der Waals surface area contributed by atoms with Gasteiger partial charge in [-0.15, -0.1) is 10.2 Å². The molecule has 5 nitrogen and oxygen atoms in total. The van der Waals surface area contributed by atoms with Crippen LogP contribution in [0.1, 0.15) is 26.6 Å². The van der Waals surface area contributed by atoms with E-state index in [9.17, 15) is 9.90 Å². The summed E-state index contributed by atoms with van der Waals surface area (Å²) in [5.74, 6) is -0.0968. The van der Waals surface area contributed by atoms with Crippen LogP contribution in [-0.2, 0) is 11.2 Å². The Labute approximate surface area is 105 Å². The third-order valence-corrected chi connectivity index (χ3v) is 3.67. The Bertz CT molecular complexity index is 576. The number of nitrogens with zero attached hydrogens (tertiary/aromatic N) is 3. The number of carboxylic acids is 1. The van der Waals surface area contributed by atoms with Crippen molar-refractivity contribution in [2.75, 3.05) is 0 Å².